The molecule has 1 aromatic heterocycles. The molecule has 2 aromatic rings. The molecule has 1 amide bonds. The molecule has 6 rings (SSSR count). The van der Waals surface area contributed by atoms with Crippen LogP contribution < -0.4 is 20.1 Å². The topological polar surface area (TPSA) is 209 Å². The van der Waals surface area contributed by atoms with E-state index >= 15 is 0 Å². The van der Waals surface area contributed by atoms with E-state index in [0.29, 0.717) is 37.1 Å². The molecule has 1 aromatic carbocycles. The Morgan fingerprint density at radius 2 is 1.93 bits per heavy atom. The van der Waals surface area contributed by atoms with Gasteiger partial charge < -0.3 is 59.5 Å². The molecule has 0 unspecified atom stereocenters. The van der Waals surface area contributed by atoms with Crippen molar-refractivity contribution < 1.29 is 58.5 Å². The van der Waals surface area contributed by atoms with Crippen molar-refractivity contribution in [3.63, 3.8) is 0 Å². The summed E-state index contributed by atoms with van der Waals surface area (Å²) in [6.45, 7) is 3.00. The number of nitrogens with one attached hydrogen (secondary N) is 2. The second kappa shape index (κ2) is 11.8. The highest BCUT2D eigenvalue weighted by Gasteiger charge is 2.50. The molecule has 0 saturated carbocycles. The van der Waals surface area contributed by atoms with Crippen LogP contribution in [-0.2, 0) is 25.5 Å². The van der Waals surface area contributed by atoms with Crippen molar-refractivity contribution in [2.45, 2.75) is 75.0 Å². The van der Waals surface area contributed by atoms with Gasteiger partial charge in [0.15, 0.2) is 17.6 Å². The van der Waals surface area contributed by atoms with E-state index in [2.05, 4.69) is 10.6 Å². The zero-order chi connectivity index (χ0) is 30.6. The second-order valence-corrected chi connectivity index (χ2v) is 11.6. The molecule has 43 heavy (non-hydrogen) atoms. The highest BCUT2D eigenvalue weighted by molar-refractivity contribution is 5.97. The largest absolute Gasteiger partial charge is 0.485 e. The monoisotopic (exact) mass is 606 g/mol. The average molecular weight is 607 g/mol. The van der Waals surface area contributed by atoms with Crippen LogP contribution in [0.15, 0.2) is 10.7 Å². The number of hydrogen-bond acceptors (Lipinski definition) is 13. The number of aliphatic hydroxyl groups excluding tert-OH is 4. The molecule has 14 nitrogen and oxygen atoms in total. The first-order chi connectivity index (χ1) is 20.7. The Bertz CT molecular complexity index is 1380. The van der Waals surface area contributed by atoms with Crippen LogP contribution in [0.25, 0.3) is 11.0 Å². The number of carbonyl (C=O) groups is 2. The lowest BCUT2D eigenvalue weighted by Gasteiger charge is -2.41. The molecule has 7 N–H and O–H groups in total. The molecular formula is C29H38N2O12. The highest BCUT2D eigenvalue weighted by atomic mass is 16.7. The lowest BCUT2D eigenvalue weighted by molar-refractivity contribution is -0.310. The zero-order valence-electron chi connectivity index (χ0n) is 23.9. The minimum Gasteiger partial charge on any atom is -0.485 e. The number of furan rings is 1. The maximum absolute atomic E-state index is 13.1. The molecule has 236 valence electrons. The Hall–Kier alpha value is -2.98. The first-order valence-electron chi connectivity index (χ1n) is 14.7. The van der Waals surface area contributed by atoms with Crippen molar-refractivity contribution in [2.24, 2.45) is 11.8 Å². The third-order valence-electron chi connectivity index (χ3n) is 9.14. The van der Waals surface area contributed by atoms with E-state index in [4.69, 9.17) is 23.4 Å². The first kappa shape index (κ1) is 30.1. The van der Waals surface area contributed by atoms with E-state index < -0.39 is 48.9 Å². The molecular weight excluding hydrogens is 568 g/mol. The molecule has 2 aliphatic heterocycles. The van der Waals surface area contributed by atoms with Crippen LogP contribution in [-0.4, -0.2) is 108 Å². The minimum absolute atomic E-state index is 0.0613. The van der Waals surface area contributed by atoms with Gasteiger partial charge in [0.05, 0.1) is 18.8 Å². The summed E-state index contributed by atoms with van der Waals surface area (Å²) in [5.41, 5.74) is 2.65. The van der Waals surface area contributed by atoms with E-state index in [0.717, 1.165) is 16.5 Å². The molecule has 4 aliphatic rings. The fourth-order valence-corrected chi connectivity index (χ4v) is 7.12. The number of carbonyl (C=O) groups excluding carboxylic acids is 2. The maximum atomic E-state index is 13.1. The summed E-state index contributed by atoms with van der Waals surface area (Å²) >= 11 is 0. The Labute approximate surface area is 246 Å². The number of fused-ring (bicyclic) bond motifs is 2. The molecule has 14 heteroatoms. The summed E-state index contributed by atoms with van der Waals surface area (Å²) in [4.78, 5) is 26.1. The van der Waals surface area contributed by atoms with Gasteiger partial charge in [-0.3, -0.25) is 9.59 Å². The van der Waals surface area contributed by atoms with Crippen LogP contribution in [0.2, 0.25) is 0 Å². The van der Waals surface area contributed by atoms with Gasteiger partial charge in [-0.2, -0.15) is 0 Å². The lowest BCUT2D eigenvalue weighted by Crippen LogP contribution is -2.62. The van der Waals surface area contributed by atoms with Crippen molar-refractivity contribution in [3.05, 3.63) is 23.0 Å². The molecule has 0 spiro atoms. The van der Waals surface area contributed by atoms with Gasteiger partial charge >= 0.3 is 5.97 Å². The number of benzene rings is 1. The number of likely N-dealkylation sites (N-methyl/N-ethyl adjacent to an activating group) is 1. The molecule has 0 radical (unpaired) electrons. The Morgan fingerprint density at radius 3 is 2.65 bits per heavy atom. The summed E-state index contributed by atoms with van der Waals surface area (Å²) in [5, 5.41) is 57.9. The SMILES string of the molecule is CCOC(=O)[C@H]1Cc2c(O[C@H]3O[C@H](C(O)O)[C@@H](O)[C@H](O)[C@H]3O)c(OCCNC)c3occ4c3c2[C@@H](C1)C[C@H]1C(=O)NC[C@@H]41. The van der Waals surface area contributed by atoms with Crippen LogP contribution in [0.4, 0.5) is 0 Å². The zero-order valence-corrected chi connectivity index (χ0v) is 23.9. The van der Waals surface area contributed by atoms with E-state index in [-0.39, 0.29) is 54.8 Å². The quantitative estimate of drug-likeness (QED) is 0.104. The van der Waals surface area contributed by atoms with Crippen LogP contribution in [0.3, 0.4) is 0 Å². The Morgan fingerprint density at radius 1 is 1.14 bits per heavy atom. The molecule has 3 heterocycles. The molecule has 2 fully saturated rings. The number of esters is 1. The van der Waals surface area contributed by atoms with Gasteiger partial charge in [0, 0.05) is 41.4 Å². The lowest BCUT2D eigenvalue weighted by atomic mass is 9.72. The van der Waals surface area contributed by atoms with Crippen LogP contribution in [0, 0.1) is 11.8 Å². The van der Waals surface area contributed by atoms with E-state index in [1.807, 2.05) is 0 Å². The van der Waals surface area contributed by atoms with Crippen molar-refractivity contribution in [2.75, 3.05) is 33.4 Å². The number of aliphatic hydroxyl groups is 5. The first-order valence-corrected chi connectivity index (χ1v) is 14.7. The smallest absolute Gasteiger partial charge is 0.309 e. The van der Waals surface area contributed by atoms with Gasteiger partial charge in [0.2, 0.25) is 17.9 Å². The summed E-state index contributed by atoms with van der Waals surface area (Å²) in [7, 11) is 1.76. The van der Waals surface area contributed by atoms with Gasteiger partial charge in [-0.1, -0.05) is 0 Å². The maximum Gasteiger partial charge on any atom is 0.309 e. The molecule has 2 aliphatic carbocycles. The molecule has 0 bridgehead atoms. The molecule has 9 atom stereocenters. The van der Waals surface area contributed by atoms with E-state index in [1.54, 1.807) is 20.2 Å². The number of rotatable bonds is 9. The van der Waals surface area contributed by atoms with E-state index in [9.17, 15) is 35.1 Å². The predicted molar refractivity (Wildman–Crippen MR) is 146 cm³/mol. The number of hydrogen-bond donors (Lipinski definition) is 7. The number of ether oxygens (including phenoxy) is 4. The predicted octanol–water partition coefficient (Wildman–Crippen LogP) is -1.03. The van der Waals surface area contributed by atoms with E-state index in [1.165, 1.54) is 0 Å². The Balaban J connectivity index is 1.54. The van der Waals surface area contributed by atoms with Gasteiger partial charge in [-0.25, -0.2) is 0 Å². The standard InChI is InChI=1S/C29H38N2O12/c1-3-39-28(38)12-6-11-7-13-15(9-31-26(13)35)16-10-41-23-18(16)17(11)14(8-12)22(25(23)40-5-4-30-2)42-29-21(34)19(32)20(33)24(43-29)27(36)37/h10-13,15,19-21,24,27,29-30,32-34,36-37H,3-9H2,1-2H3,(H,31,35)/t11-,12+,13+,15+,19-,20-,21+,24-,29-/m0/s1. The van der Waals surface area contributed by atoms with Gasteiger partial charge in [0.25, 0.3) is 0 Å². The fraction of sp³-hybridized carbons (Fsp3) is 0.655. The summed E-state index contributed by atoms with van der Waals surface area (Å²) in [5.74, 6) is -1.49. The van der Waals surface area contributed by atoms with Crippen LogP contribution in [0.5, 0.6) is 11.5 Å². The molecule has 2 saturated heterocycles. The second-order valence-electron chi connectivity index (χ2n) is 11.6. The van der Waals surface area contributed by atoms with Gasteiger partial charge in [-0.15, -0.1) is 0 Å². The normalized spacial score (nSPS) is 33.2. The van der Waals surface area contributed by atoms with Crippen molar-refractivity contribution in [1.29, 1.82) is 0 Å². The summed E-state index contributed by atoms with van der Waals surface area (Å²) < 4.78 is 29.6. The van der Waals surface area contributed by atoms with Crippen molar-refractivity contribution in [1.82, 2.24) is 10.6 Å². The van der Waals surface area contributed by atoms with Crippen molar-refractivity contribution >= 4 is 22.8 Å². The van der Waals surface area contributed by atoms with Gasteiger partial charge in [-0.05, 0) is 44.7 Å². The van der Waals surface area contributed by atoms with Crippen LogP contribution >= 0.6 is 0 Å². The fourth-order valence-electron chi connectivity index (χ4n) is 7.12. The van der Waals surface area contributed by atoms with Crippen molar-refractivity contribution in [3.8, 4) is 11.5 Å². The third-order valence-corrected chi connectivity index (χ3v) is 9.14. The van der Waals surface area contributed by atoms with Gasteiger partial charge in [0.1, 0.15) is 31.0 Å². The number of amides is 1. The van der Waals surface area contributed by atoms with Crippen LogP contribution in [0.1, 0.15) is 48.3 Å². The summed E-state index contributed by atoms with van der Waals surface area (Å²) in [6.07, 6.45) is -8.22. The minimum atomic E-state index is -2.18. The Kier molecular flexibility index (Phi) is 8.28. The average Bonchev–Trinajstić information content (AvgIpc) is 3.53. The summed E-state index contributed by atoms with van der Waals surface area (Å²) in [6, 6.07) is 0. The highest BCUT2D eigenvalue weighted by Crippen LogP contribution is 2.57. The third kappa shape index (κ3) is 5.04.